The Morgan fingerprint density at radius 2 is 2.39 bits per heavy atom. The van der Waals surface area contributed by atoms with Crippen molar-refractivity contribution >= 4 is 17.2 Å². The van der Waals surface area contributed by atoms with E-state index in [1.165, 1.54) is 11.3 Å². The maximum atomic E-state index is 11.7. The minimum atomic E-state index is -0.0663. The summed E-state index contributed by atoms with van der Waals surface area (Å²) in [7, 11) is 0. The quantitative estimate of drug-likeness (QED) is 0.897. The second-order valence-electron chi connectivity index (χ2n) is 4.49. The van der Waals surface area contributed by atoms with Crippen LogP contribution in [-0.2, 0) is 13.1 Å². The molecule has 0 unspecified atom stereocenters. The standard InChI is InChI=1S/C12H16N4OS/c1-9(2)7-16-8-10(14-15-16)6-13-12(17)11-4-3-5-18-11/h3-5,8-9H,6-7H2,1-2H3,(H,13,17). The third kappa shape index (κ3) is 3.40. The van der Waals surface area contributed by atoms with Gasteiger partial charge in [0.25, 0.3) is 5.91 Å². The van der Waals surface area contributed by atoms with Gasteiger partial charge in [-0.05, 0) is 17.4 Å². The molecule has 96 valence electrons. The van der Waals surface area contributed by atoms with E-state index in [-0.39, 0.29) is 5.91 Å². The zero-order valence-corrected chi connectivity index (χ0v) is 11.3. The normalized spacial score (nSPS) is 10.8. The molecule has 0 aliphatic carbocycles. The first-order valence-electron chi connectivity index (χ1n) is 5.86. The zero-order valence-electron chi connectivity index (χ0n) is 10.5. The van der Waals surface area contributed by atoms with E-state index in [1.807, 2.05) is 17.6 Å². The molecule has 2 heterocycles. The van der Waals surface area contributed by atoms with Crippen molar-refractivity contribution in [3.63, 3.8) is 0 Å². The Hall–Kier alpha value is -1.69. The van der Waals surface area contributed by atoms with Crippen LogP contribution in [0.1, 0.15) is 29.2 Å². The Morgan fingerprint density at radius 3 is 3.06 bits per heavy atom. The molecule has 0 radical (unpaired) electrons. The Bertz CT molecular complexity index is 504. The van der Waals surface area contributed by atoms with Crippen molar-refractivity contribution < 1.29 is 4.79 Å². The van der Waals surface area contributed by atoms with Gasteiger partial charge >= 0.3 is 0 Å². The highest BCUT2D eigenvalue weighted by atomic mass is 32.1. The number of nitrogens with zero attached hydrogens (tertiary/aromatic N) is 3. The Balaban J connectivity index is 1.87. The molecule has 6 heteroatoms. The molecule has 0 saturated carbocycles. The monoisotopic (exact) mass is 264 g/mol. The summed E-state index contributed by atoms with van der Waals surface area (Å²) in [6, 6.07) is 3.66. The van der Waals surface area contributed by atoms with Crippen LogP contribution >= 0.6 is 11.3 Å². The first kappa shape index (κ1) is 12.8. The van der Waals surface area contributed by atoms with Crippen LogP contribution in [-0.4, -0.2) is 20.9 Å². The second kappa shape index (κ2) is 5.77. The molecule has 0 aliphatic heterocycles. The molecule has 1 amide bonds. The van der Waals surface area contributed by atoms with E-state index in [0.717, 1.165) is 12.2 Å². The summed E-state index contributed by atoms with van der Waals surface area (Å²) in [6.45, 7) is 5.50. The van der Waals surface area contributed by atoms with E-state index in [9.17, 15) is 4.79 Å². The van der Waals surface area contributed by atoms with Crippen LogP contribution in [0.15, 0.2) is 23.7 Å². The van der Waals surface area contributed by atoms with E-state index in [0.29, 0.717) is 17.3 Å². The summed E-state index contributed by atoms with van der Waals surface area (Å²) < 4.78 is 1.80. The molecule has 2 aromatic rings. The molecule has 18 heavy (non-hydrogen) atoms. The number of aromatic nitrogens is 3. The van der Waals surface area contributed by atoms with E-state index < -0.39 is 0 Å². The van der Waals surface area contributed by atoms with Crippen LogP contribution in [0.5, 0.6) is 0 Å². The molecule has 1 N–H and O–H groups in total. The largest absolute Gasteiger partial charge is 0.346 e. The molecule has 5 nitrogen and oxygen atoms in total. The molecule has 0 spiro atoms. The highest BCUT2D eigenvalue weighted by Crippen LogP contribution is 2.08. The molecule has 0 fully saturated rings. The van der Waals surface area contributed by atoms with Crippen molar-refractivity contribution in [2.45, 2.75) is 26.9 Å². The maximum Gasteiger partial charge on any atom is 0.261 e. The van der Waals surface area contributed by atoms with Gasteiger partial charge in [0.05, 0.1) is 17.6 Å². The minimum absolute atomic E-state index is 0.0663. The summed E-state index contributed by atoms with van der Waals surface area (Å²) in [4.78, 5) is 12.4. The molecule has 2 rings (SSSR count). The van der Waals surface area contributed by atoms with Gasteiger partial charge in [0.2, 0.25) is 0 Å². The number of nitrogens with one attached hydrogen (secondary N) is 1. The number of carbonyl (C=O) groups is 1. The van der Waals surface area contributed by atoms with Crippen LogP contribution in [0.2, 0.25) is 0 Å². The molecule has 0 saturated heterocycles. The fourth-order valence-corrected chi connectivity index (χ4v) is 2.19. The number of hydrogen-bond donors (Lipinski definition) is 1. The first-order chi connectivity index (χ1) is 8.65. The molecule has 0 atom stereocenters. The SMILES string of the molecule is CC(C)Cn1cc(CNC(=O)c2cccs2)nn1. The fraction of sp³-hybridized carbons (Fsp3) is 0.417. The topological polar surface area (TPSA) is 59.8 Å². The van der Waals surface area contributed by atoms with Crippen LogP contribution in [0.25, 0.3) is 0 Å². The predicted molar refractivity (Wildman–Crippen MR) is 70.3 cm³/mol. The third-order valence-corrected chi connectivity index (χ3v) is 3.18. The summed E-state index contributed by atoms with van der Waals surface area (Å²) in [6.07, 6.45) is 1.87. The summed E-state index contributed by atoms with van der Waals surface area (Å²) >= 11 is 1.43. The molecule has 2 aromatic heterocycles. The van der Waals surface area contributed by atoms with Gasteiger partial charge in [-0.25, -0.2) is 0 Å². The van der Waals surface area contributed by atoms with Gasteiger partial charge in [-0.1, -0.05) is 25.1 Å². The van der Waals surface area contributed by atoms with Gasteiger partial charge in [-0.15, -0.1) is 16.4 Å². The average Bonchev–Trinajstić information content (AvgIpc) is 2.95. The number of hydrogen-bond acceptors (Lipinski definition) is 4. The molecular weight excluding hydrogens is 248 g/mol. The van der Waals surface area contributed by atoms with Gasteiger partial charge in [0.15, 0.2) is 0 Å². The molecular formula is C12H16N4OS. The van der Waals surface area contributed by atoms with Gasteiger partial charge in [-0.3, -0.25) is 9.48 Å². The van der Waals surface area contributed by atoms with E-state index in [2.05, 4.69) is 29.5 Å². The van der Waals surface area contributed by atoms with Gasteiger partial charge in [-0.2, -0.15) is 0 Å². The lowest BCUT2D eigenvalue weighted by atomic mass is 10.2. The first-order valence-corrected chi connectivity index (χ1v) is 6.74. The fourth-order valence-electron chi connectivity index (χ4n) is 1.55. The van der Waals surface area contributed by atoms with E-state index in [4.69, 9.17) is 0 Å². The van der Waals surface area contributed by atoms with E-state index >= 15 is 0 Å². The van der Waals surface area contributed by atoms with Crippen molar-refractivity contribution in [3.8, 4) is 0 Å². The average molecular weight is 264 g/mol. The number of thiophene rings is 1. The van der Waals surface area contributed by atoms with Crippen molar-refractivity contribution in [1.29, 1.82) is 0 Å². The summed E-state index contributed by atoms with van der Waals surface area (Å²) in [5.74, 6) is 0.462. The Labute approximate surface area is 110 Å². The van der Waals surface area contributed by atoms with Crippen molar-refractivity contribution in [2.24, 2.45) is 5.92 Å². The number of rotatable bonds is 5. The lowest BCUT2D eigenvalue weighted by Crippen LogP contribution is -2.21. The van der Waals surface area contributed by atoms with E-state index in [1.54, 1.807) is 10.7 Å². The van der Waals surface area contributed by atoms with Crippen LogP contribution in [0.3, 0.4) is 0 Å². The second-order valence-corrected chi connectivity index (χ2v) is 5.43. The smallest absolute Gasteiger partial charge is 0.261 e. The Kier molecular flexibility index (Phi) is 4.09. The zero-order chi connectivity index (χ0) is 13.0. The highest BCUT2D eigenvalue weighted by molar-refractivity contribution is 7.12. The van der Waals surface area contributed by atoms with Crippen molar-refractivity contribution in [3.05, 3.63) is 34.3 Å². The van der Waals surface area contributed by atoms with Gasteiger partial charge < -0.3 is 5.32 Å². The molecule has 0 aromatic carbocycles. The van der Waals surface area contributed by atoms with Gasteiger partial charge in [0.1, 0.15) is 5.69 Å². The third-order valence-electron chi connectivity index (χ3n) is 2.31. The van der Waals surface area contributed by atoms with Gasteiger partial charge in [0, 0.05) is 6.54 Å². The number of amides is 1. The van der Waals surface area contributed by atoms with Crippen molar-refractivity contribution in [2.75, 3.05) is 0 Å². The van der Waals surface area contributed by atoms with Crippen LogP contribution < -0.4 is 5.32 Å². The molecule has 0 aliphatic rings. The van der Waals surface area contributed by atoms with Crippen LogP contribution in [0, 0.1) is 5.92 Å². The summed E-state index contributed by atoms with van der Waals surface area (Å²) in [5.41, 5.74) is 0.778. The van der Waals surface area contributed by atoms with Crippen LogP contribution in [0.4, 0.5) is 0 Å². The summed E-state index contributed by atoms with van der Waals surface area (Å²) in [5, 5.41) is 12.7. The maximum absolute atomic E-state index is 11.7. The predicted octanol–water partition coefficient (Wildman–Crippen LogP) is 1.93. The number of carbonyl (C=O) groups excluding carboxylic acids is 1. The minimum Gasteiger partial charge on any atom is -0.346 e. The Morgan fingerprint density at radius 1 is 1.56 bits per heavy atom. The lowest BCUT2D eigenvalue weighted by Gasteiger charge is -2.02. The highest BCUT2D eigenvalue weighted by Gasteiger charge is 2.07. The van der Waals surface area contributed by atoms with Crippen molar-refractivity contribution in [1.82, 2.24) is 20.3 Å². The molecule has 0 bridgehead atoms. The lowest BCUT2D eigenvalue weighted by molar-refractivity contribution is 0.0954.